The predicted octanol–water partition coefficient (Wildman–Crippen LogP) is -0.441. The third-order valence-corrected chi connectivity index (χ3v) is 1.31. The lowest BCUT2D eigenvalue weighted by Crippen LogP contribution is -2.07. The minimum atomic E-state index is -0.773. The van der Waals surface area contributed by atoms with Gasteiger partial charge in [0.05, 0.1) is 19.1 Å². The molecule has 5 heteroatoms. The van der Waals surface area contributed by atoms with Gasteiger partial charge in [-0.2, -0.15) is 0 Å². The van der Waals surface area contributed by atoms with Crippen LogP contribution in [0.2, 0.25) is 0 Å². The van der Waals surface area contributed by atoms with Gasteiger partial charge in [-0.3, -0.25) is 4.79 Å². The topological polar surface area (TPSA) is 69.7 Å². The predicted molar refractivity (Wildman–Crippen MR) is 35.8 cm³/mol. The third kappa shape index (κ3) is 1.69. The maximum absolute atomic E-state index is 10.7. The van der Waals surface area contributed by atoms with Gasteiger partial charge in [-0.15, -0.1) is 0 Å². The van der Waals surface area contributed by atoms with Crippen LogP contribution in [0, 0.1) is 0 Å². The van der Waals surface area contributed by atoms with Gasteiger partial charge in [0.2, 0.25) is 0 Å². The Balaban J connectivity index is 2.64. The average Bonchev–Trinajstić information content (AvgIpc) is 2.30. The zero-order valence-corrected chi connectivity index (χ0v) is 6.33. The molecule has 5 nitrogen and oxygen atoms in total. The second kappa shape index (κ2) is 3.17. The number of esters is 3. The van der Waals surface area contributed by atoms with E-state index in [2.05, 4.69) is 9.47 Å². The Labute approximate surface area is 67.9 Å². The van der Waals surface area contributed by atoms with E-state index in [0.717, 1.165) is 6.08 Å². The van der Waals surface area contributed by atoms with Gasteiger partial charge >= 0.3 is 17.9 Å². The van der Waals surface area contributed by atoms with Crippen LogP contribution in [0.4, 0.5) is 0 Å². The van der Waals surface area contributed by atoms with Crippen molar-refractivity contribution in [2.45, 2.75) is 6.42 Å². The normalized spacial score (nSPS) is 15.6. The monoisotopic (exact) mass is 170 g/mol. The summed E-state index contributed by atoms with van der Waals surface area (Å²) in [6.45, 7) is 0. The smallest absolute Gasteiger partial charge is 0.342 e. The Kier molecular flexibility index (Phi) is 2.23. The van der Waals surface area contributed by atoms with Crippen LogP contribution >= 0.6 is 0 Å². The van der Waals surface area contributed by atoms with Gasteiger partial charge in [-0.05, 0) is 0 Å². The number of rotatable bonds is 2. The van der Waals surface area contributed by atoms with Crippen LogP contribution in [0.1, 0.15) is 6.42 Å². The van der Waals surface area contributed by atoms with Crippen LogP contribution in [-0.2, 0) is 23.9 Å². The molecule has 0 N–H and O–H groups in total. The second-order valence-electron chi connectivity index (χ2n) is 2.13. The standard InChI is InChI=1S/C7H6O5/c1-11-5(8)2-4-3-6(9)12-7(4)10/h3H,2H2,1H3. The second-order valence-corrected chi connectivity index (χ2v) is 2.13. The highest BCUT2D eigenvalue weighted by molar-refractivity contribution is 6.10. The summed E-state index contributed by atoms with van der Waals surface area (Å²) in [7, 11) is 1.20. The molecule has 64 valence electrons. The lowest BCUT2D eigenvalue weighted by Gasteiger charge is -1.95. The molecule has 0 saturated heterocycles. The fourth-order valence-corrected chi connectivity index (χ4v) is 0.738. The summed E-state index contributed by atoms with van der Waals surface area (Å²) in [6, 6.07) is 0. The van der Waals surface area contributed by atoms with Gasteiger partial charge in [-0.1, -0.05) is 0 Å². The van der Waals surface area contributed by atoms with Crippen molar-refractivity contribution >= 4 is 17.9 Å². The quantitative estimate of drug-likeness (QED) is 0.415. The van der Waals surface area contributed by atoms with Crippen LogP contribution in [0.15, 0.2) is 11.6 Å². The van der Waals surface area contributed by atoms with Crippen molar-refractivity contribution in [1.82, 2.24) is 0 Å². The van der Waals surface area contributed by atoms with Crippen molar-refractivity contribution in [3.8, 4) is 0 Å². The summed E-state index contributed by atoms with van der Waals surface area (Å²) in [6.07, 6.45) is 0.764. The molecule has 1 aliphatic rings. The van der Waals surface area contributed by atoms with E-state index in [9.17, 15) is 14.4 Å². The molecule has 0 aliphatic carbocycles. The molecule has 0 aromatic heterocycles. The maximum atomic E-state index is 10.7. The Hall–Kier alpha value is -1.65. The molecule has 1 aliphatic heterocycles. The van der Waals surface area contributed by atoms with E-state index < -0.39 is 17.9 Å². The molecule has 1 rings (SSSR count). The molecule has 0 spiro atoms. The van der Waals surface area contributed by atoms with E-state index in [0.29, 0.717) is 0 Å². The molecule has 0 atom stereocenters. The first-order valence-corrected chi connectivity index (χ1v) is 3.17. The van der Waals surface area contributed by atoms with E-state index >= 15 is 0 Å². The van der Waals surface area contributed by atoms with Crippen molar-refractivity contribution in [3.05, 3.63) is 11.6 Å². The Morgan fingerprint density at radius 2 is 2.25 bits per heavy atom. The molecule has 1 heterocycles. The summed E-state index contributed by atoms with van der Waals surface area (Å²) in [4.78, 5) is 31.8. The molecule has 0 radical (unpaired) electrons. The van der Waals surface area contributed by atoms with Gasteiger partial charge < -0.3 is 9.47 Å². The molecular formula is C7H6O5. The van der Waals surface area contributed by atoms with E-state index in [1.165, 1.54) is 7.11 Å². The van der Waals surface area contributed by atoms with Gasteiger partial charge in [0.25, 0.3) is 0 Å². The van der Waals surface area contributed by atoms with Crippen LogP contribution in [0.3, 0.4) is 0 Å². The maximum Gasteiger partial charge on any atom is 0.342 e. The first-order valence-electron chi connectivity index (χ1n) is 3.17. The Bertz CT molecular complexity index is 276. The Morgan fingerprint density at radius 1 is 1.58 bits per heavy atom. The fraction of sp³-hybridized carbons (Fsp3) is 0.286. The van der Waals surface area contributed by atoms with Crippen molar-refractivity contribution in [2.75, 3.05) is 7.11 Å². The molecule has 0 saturated carbocycles. The lowest BCUT2D eigenvalue weighted by molar-refractivity contribution is -0.151. The van der Waals surface area contributed by atoms with Crippen molar-refractivity contribution in [2.24, 2.45) is 0 Å². The SMILES string of the molecule is COC(=O)CC1=CC(=O)OC1=O. The van der Waals surface area contributed by atoms with E-state index in [1.807, 2.05) is 0 Å². The lowest BCUT2D eigenvalue weighted by atomic mass is 10.2. The van der Waals surface area contributed by atoms with Crippen molar-refractivity contribution < 1.29 is 23.9 Å². The molecule has 0 aromatic carbocycles. The summed E-state index contributed by atoms with van der Waals surface area (Å²) in [5.74, 6) is -2.09. The molecule has 0 unspecified atom stereocenters. The third-order valence-electron chi connectivity index (χ3n) is 1.31. The number of ether oxygens (including phenoxy) is 2. The summed E-state index contributed by atoms with van der Waals surface area (Å²) < 4.78 is 8.44. The highest BCUT2D eigenvalue weighted by Gasteiger charge is 2.25. The minimum Gasteiger partial charge on any atom is -0.469 e. The molecule has 0 bridgehead atoms. The number of carbonyl (C=O) groups is 3. The fourth-order valence-electron chi connectivity index (χ4n) is 0.738. The van der Waals surface area contributed by atoms with E-state index in [1.54, 1.807) is 0 Å². The number of hydrogen-bond donors (Lipinski definition) is 0. The highest BCUT2D eigenvalue weighted by atomic mass is 16.6. The molecule has 0 amide bonds. The van der Waals surface area contributed by atoms with Gasteiger partial charge in [-0.25, -0.2) is 9.59 Å². The summed E-state index contributed by atoms with van der Waals surface area (Å²) in [5, 5.41) is 0. The van der Waals surface area contributed by atoms with Crippen LogP contribution in [0.25, 0.3) is 0 Å². The van der Waals surface area contributed by atoms with Crippen molar-refractivity contribution in [3.63, 3.8) is 0 Å². The minimum absolute atomic E-state index is 0.0341. The van der Waals surface area contributed by atoms with Crippen LogP contribution in [0.5, 0.6) is 0 Å². The van der Waals surface area contributed by atoms with Gasteiger partial charge in [0, 0.05) is 6.08 Å². The molecule has 0 fully saturated rings. The number of carbonyl (C=O) groups excluding carboxylic acids is 3. The van der Waals surface area contributed by atoms with E-state index in [4.69, 9.17) is 0 Å². The number of cyclic esters (lactones) is 2. The zero-order chi connectivity index (χ0) is 9.14. The largest absolute Gasteiger partial charge is 0.469 e. The number of hydrogen-bond acceptors (Lipinski definition) is 5. The first-order chi connectivity index (χ1) is 5.63. The van der Waals surface area contributed by atoms with E-state index in [-0.39, 0.29) is 12.0 Å². The summed E-state index contributed by atoms with van der Waals surface area (Å²) in [5.41, 5.74) is 0.0341. The molecule has 12 heavy (non-hydrogen) atoms. The highest BCUT2D eigenvalue weighted by Crippen LogP contribution is 2.12. The molecular weight excluding hydrogens is 164 g/mol. The van der Waals surface area contributed by atoms with Crippen LogP contribution in [-0.4, -0.2) is 25.0 Å². The first kappa shape index (κ1) is 8.45. The van der Waals surface area contributed by atoms with Gasteiger partial charge in [0.1, 0.15) is 0 Å². The number of methoxy groups -OCH3 is 1. The Morgan fingerprint density at radius 3 is 2.67 bits per heavy atom. The van der Waals surface area contributed by atoms with Crippen LogP contribution < -0.4 is 0 Å². The zero-order valence-electron chi connectivity index (χ0n) is 6.33. The molecule has 0 aromatic rings. The summed E-state index contributed by atoms with van der Waals surface area (Å²) >= 11 is 0. The average molecular weight is 170 g/mol. The van der Waals surface area contributed by atoms with Crippen molar-refractivity contribution in [1.29, 1.82) is 0 Å². The van der Waals surface area contributed by atoms with Gasteiger partial charge in [0.15, 0.2) is 0 Å².